The van der Waals surface area contributed by atoms with Gasteiger partial charge in [0.15, 0.2) is 6.61 Å². The monoisotopic (exact) mass is 314 g/mol. The Hall–Kier alpha value is -2.35. The highest BCUT2D eigenvalue weighted by atomic mass is 16.5. The zero-order valence-corrected chi connectivity index (χ0v) is 13.6. The molecule has 0 bridgehead atoms. The summed E-state index contributed by atoms with van der Waals surface area (Å²) in [6.45, 7) is 5.46. The summed E-state index contributed by atoms with van der Waals surface area (Å²) in [4.78, 5) is 26.0. The lowest BCUT2D eigenvalue weighted by Crippen LogP contribution is -2.44. The third-order valence-corrected chi connectivity index (χ3v) is 3.99. The number of hydrogen-bond acceptors (Lipinski definition) is 4. The number of carbonyl (C=O) groups is 2. The average Bonchev–Trinajstić information content (AvgIpc) is 2.52. The van der Waals surface area contributed by atoms with Gasteiger partial charge in [-0.05, 0) is 36.0 Å². The number of rotatable bonds is 4. The molecule has 23 heavy (non-hydrogen) atoms. The topological polar surface area (TPSA) is 70.4 Å². The van der Waals surface area contributed by atoms with Crippen molar-refractivity contribution < 1.29 is 14.3 Å². The lowest BCUT2D eigenvalue weighted by Gasteiger charge is -2.34. The molecule has 0 aromatic heterocycles. The summed E-state index contributed by atoms with van der Waals surface area (Å²) >= 11 is 0. The maximum Gasteiger partial charge on any atom is 0.338 e. The fourth-order valence-corrected chi connectivity index (χ4v) is 3.07. The minimum Gasteiger partial charge on any atom is -0.452 e. The summed E-state index contributed by atoms with van der Waals surface area (Å²) in [6, 6.07) is 8.78. The van der Waals surface area contributed by atoms with Crippen LogP contribution in [0.3, 0.4) is 0 Å². The van der Waals surface area contributed by atoms with Crippen LogP contribution in [0.1, 0.15) is 36.2 Å². The highest BCUT2D eigenvalue weighted by Crippen LogP contribution is 2.21. The van der Waals surface area contributed by atoms with Gasteiger partial charge in [0.2, 0.25) is 0 Å². The fraction of sp³-hybridized carbons (Fsp3) is 0.500. The van der Waals surface area contributed by atoms with Crippen LogP contribution in [0, 0.1) is 23.2 Å². The molecule has 1 aliphatic rings. The van der Waals surface area contributed by atoms with E-state index in [1.165, 1.54) is 0 Å². The second kappa shape index (κ2) is 7.77. The van der Waals surface area contributed by atoms with E-state index in [9.17, 15) is 9.59 Å². The van der Waals surface area contributed by atoms with Crippen LogP contribution in [0.15, 0.2) is 24.3 Å². The number of likely N-dealkylation sites (tertiary alicyclic amines) is 1. The van der Waals surface area contributed by atoms with Gasteiger partial charge in [-0.3, -0.25) is 4.79 Å². The second-order valence-corrected chi connectivity index (χ2v) is 6.36. The van der Waals surface area contributed by atoms with Gasteiger partial charge in [-0.2, -0.15) is 5.26 Å². The first-order valence-electron chi connectivity index (χ1n) is 7.90. The summed E-state index contributed by atoms with van der Waals surface area (Å²) in [5.41, 5.74) is 1.12. The molecule has 2 atom stereocenters. The lowest BCUT2D eigenvalue weighted by molar-refractivity contribution is -0.137. The molecule has 1 heterocycles. The maximum atomic E-state index is 12.2. The van der Waals surface area contributed by atoms with Gasteiger partial charge in [-0.25, -0.2) is 4.79 Å². The van der Waals surface area contributed by atoms with Crippen molar-refractivity contribution in [3.8, 4) is 6.07 Å². The maximum absolute atomic E-state index is 12.2. The van der Waals surface area contributed by atoms with Gasteiger partial charge in [0.1, 0.15) is 0 Å². The molecule has 0 unspecified atom stereocenters. The minimum atomic E-state index is -0.531. The van der Waals surface area contributed by atoms with Crippen LogP contribution >= 0.6 is 0 Å². The van der Waals surface area contributed by atoms with E-state index in [0.29, 0.717) is 17.4 Å². The SMILES string of the molecule is C[C@H]1C[C@H](C)CN(C(=O)COC(=O)c2cccc(CC#N)c2)C1. The van der Waals surface area contributed by atoms with E-state index in [0.717, 1.165) is 25.1 Å². The third-order valence-electron chi connectivity index (χ3n) is 3.99. The first-order chi connectivity index (χ1) is 11.0. The first kappa shape index (κ1) is 17.0. The molecule has 0 radical (unpaired) electrons. The molecule has 5 nitrogen and oxygen atoms in total. The van der Waals surface area contributed by atoms with Crippen molar-refractivity contribution in [3.63, 3.8) is 0 Å². The van der Waals surface area contributed by atoms with Crippen LogP contribution in [0.25, 0.3) is 0 Å². The van der Waals surface area contributed by atoms with Crippen molar-refractivity contribution in [3.05, 3.63) is 35.4 Å². The molecule has 1 aromatic rings. The van der Waals surface area contributed by atoms with Gasteiger partial charge < -0.3 is 9.64 Å². The standard InChI is InChI=1S/C18H22N2O3/c1-13-8-14(2)11-20(10-13)17(21)12-23-18(22)16-5-3-4-15(9-16)6-7-19/h3-5,9,13-14H,6,8,10-12H2,1-2H3/t13-,14-/m0/s1. The Balaban J connectivity index is 1.90. The molecule has 1 fully saturated rings. The van der Waals surface area contributed by atoms with E-state index in [-0.39, 0.29) is 18.9 Å². The quantitative estimate of drug-likeness (QED) is 0.800. The molecule has 0 saturated carbocycles. The van der Waals surface area contributed by atoms with E-state index in [1.54, 1.807) is 29.2 Å². The van der Waals surface area contributed by atoms with Gasteiger partial charge in [0, 0.05) is 13.1 Å². The van der Waals surface area contributed by atoms with Crippen LogP contribution in [0.2, 0.25) is 0 Å². The van der Waals surface area contributed by atoms with Crippen molar-refractivity contribution in [2.45, 2.75) is 26.7 Å². The molecule has 2 rings (SSSR count). The molecule has 0 N–H and O–H groups in total. The number of nitriles is 1. The largest absolute Gasteiger partial charge is 0.452 e. The van der Waals surface area contributed by atoms with Crippen LogP contribution in [0.5, 0.6) is 0 Å². The summed E-state index contributed by atoms with van der Waals surface area (Å²) in [6.07, 6.45) is 1.36. The Kier molecular flexibility index (Phi) is 5.75. The summed E-state index contributed by atoms with van der Waals surface area (Å²) in [5, 5.41) is 8.70. The van der Waals surface area contributed by atoms with Crippen LogP contribution < -0.4 is 0 Å². The zero-order chi connectivity index (χ0) is 16.8. The van der Waals surface area contributed by atoms with E-state index < -0.39 is 5.97 Å². The Morgan fingerprint density at radius 1 is 1.30 bits per heavy atom. The highest BCUT2D eigenvalue weighted by Gasteiger charge is 2.26. The molecule has 0 spiro atoms. The smallest absolute Gasteiger partial charge is 0.338 e. The molecule has 1 amide bonds. The van der Waals surface area contributed by atoms with Crippen LogP contribution in [-0.4, -0.2) is 36.5 Å². The molecule has 1 saturated heterocycles. The number of amides is 1. The average molecular weight is 314 g/mol. The summed E-state index contributed by atoms with van der Waals surface area (Å²) in [5.74, 6) is 0.267. The Morgan fingerprint density at radius 3 is 2.65 bits per heavy atom. The summed E-state index contributed by atoms with van der Waals surface area (Å²) < 4.78 is 5.13. The Morgan fingerprint density at radius 2 is 2.00 bits per heavy atom. The van der Waals surface area contributed by atoms with Crippen molar-refractivity contribution >= 4 is 11.9 Å². The number of ether oxygens (including phenoxy) is 1. The molecule has 122 valence electrons. The predicted octanol–water partition coefficient (Wildman–Crippen LogP) is 2.41. The normalized spacial score (nSPS) is 20.7. The van der Waals surface area contributed by atoms with E-state index >= 15 is 0 Å². The number of hydrogen-bond donors (Lipinski definition) is 0. The number of esters is 1. The van der Waals surface area contributed by atoms with Gasteiger partial charge in [-0.15, -0.1) is 0 Å². The second-order valence-electron chi connectivity index (χ2n) is 6.36. The molecule has 5 heteroatoms. The van der Waals surface area contributed by atoms with Crippen molar-refractivity contribution in [2.24, 2.45) is 11.8 Å². The number of carbonyl (C=O) groups excluding carboxylic acids is 2. The van der Waals surface area contributed by atoms with Crippen molar-refractivity contribution in [1.29, 1.82) is 5.26 Å². The van der Waals surface area contributed by atoms with Gasteiger partial charge >= 0.3 is 5.97 Å². The number of nitrogens with zero attached hydrogens (tertiary/aromatic N) is 2. The molecule has 1 aromatic carbocycles. The minimum absolute atomic E-state index is 0.148. The van der Waals surface area contributed by atoms with Gasteiger partial charge in [-0.1, -0.05) is 26.0 Å². The van der Waals surface area contributed by atoms with E-state index in [2.05, 4.69) is 13.8 Å². The van der Waals surface area contributed by atoms with Crippen molar-refractivity contribution in [1.82, 2.24) is 4.90 Å². The van der Waals surface area contributed by atoms with Crippen molar-refractivity contribution in [2.75, 3.05) is 19.7 Å². The number of piperidine rings is 1. The lowest BCUT2D eigenvalue weighted by atomic mass is 9.92. The number of benzene rings is 1. The fourth-order valence-electron chi connectivity index (χ4n) is 3.07. The molecule has 0 aliphatic carbocycles. The van der Waals surface area contributed by atoms with Crippen LogP contribution in [0.4, 0.5) is 0 Å². The first-order valence-corrected chi connectivity index (χ1v) is 7.90. The van der Waals surface area contributed by atoms with E-state index in [1.807, 2.05) is 6.07 Å². The summed E-state index contributed by atoms with van der Waals surface area (Å²) in [7, 11) is 0. The Labute approximate surface area is 136 Å². The highest BCUT2D eigenvalue weighted by molar-refractivity contribution is 5.91. The molecule has 1 aliphatic heterocycles. The van der Waals surface area contributed by atoms with Gasteiger partial charge in [0.05, 0.1) is 18.1 Å². The predicted molar refractivity (Wildman–Crippen MR) is 85.6 cm³/mol. The zero-order valence-electron chi connectivity index (χ0n) is 13.6. The molecular weight excluding hydrogens is 292 g/mol. The Bertz CT molecular complexity index is 611. The van der Waals surface area contributed by atoms with Gasteiger partial charge in [0.25, 0.3) is 5.91 Å². The van der Waals surface area contributed by atoms with E-state index in [4.69, 9.17) is 10.00 Å². The molecular formula is C18H22N2O3. The van der Waals surface area contributed by atoms with Crippen LogP contribution in [-0.2, 0) is 16.0 Å². The third kappa shape index (κ3) is 4.82.